The number of hydrogen-bond acceptors (Lipinski definition) is 7. The molecule has 0 saturated carbocycles. The van der Waals surface area contributed by atoms with Gasteiger partial charge in [-0.25, -0.2) is 9.59 Å². The summed E-state index contributed by atoms with van der Waals surface area (Å²) >= 11 is 1.10. The van der Waals surface area contributed by atoms with Crippen molar-refractivity contribution in [1.82, 2.24) is 10.3 Å². The number of para-hydroxylation sites is 1. The van der Waals surface area contributed by atoms with Gasteiger partial charge in [-0.1, -0.05) is 30.0 Å². The Balaban J connectivity index is 0.000000762. The minimum Gasteiger partial charge on any atom is -0.475 e. The zero-order valence-electron chi connectivity index (χ0n) is 19.2. The zero-order valence-corrected chi connectivity index (χ0v) is 20.0. The Hall–Kier alpha value is -3.06. The molecule has 1 aromatic carbocycles. The molecule has 0 aliphatic heterocycles. The molecule has 1 amide bonds. The van der Waals surface area contributed by atoms with Gasteiger partial charge in [0.1, 0.15) is 6.04 Å². The van der Waals surface area contributed by atoms with Crippen LogP contribution in [0.3, 0.4) is 0 Å². The molecule has 0 bridgehead atoms. The van der Waals surface area contributed by atoms with E-state index in [-0.39, 0.29) is 11.0 Å². The first-order chi connectivity index (χ1) is 16.4. The largest absolute Gasteiger partial charge is 0.490 e. The van der Waals surface area contributed by atoms with E-state index in [1.54, 1.807) is 0 Å². The smallest absolute Gasteiger partial charge is 0.475 e. The lowest BCUT2D eigenvalue weighted by Crippen LogP contribution is -2.46. The minimum absolute atomic E-state index is 0.0474. The molecule has 0 fully saturated rings. The topological polar surface area (TPSA) is 152 Å². The fourth-order valence-corrected chi connectivity index (χ4v) is 3.77. The SMILES string of the molecule is COC(=O)[C@H](Cc1c[nH]c2ccccc12)NC(=O)C(CCCN)CSC(C)=O.O=C(O)C(F)(F)F. The van der Waals surface area contributed by atoms with Gasteiger partial charge in [-0.2, -0.15) is 13.2 Å². The molecule has 0 aliphatic rings. The Morgan fingerprint density at radius 3 is 2.40 bits per heavy atom. The van der Waals surface area contributed by atoms with Gasteiger partial charge in [0.05, 0.1) is 7.11 Å². The van der Waals surface area contributed by atoms with E-state index in [0.29, 0.717) is 31.6 Å². The van der Waals surface area contributed by atoms with E-state index in [4.69, 9.17) is 20.4 Å². The summed E-state index contributed by atoms with van der Waals surface area (Å²) in [5.41, 5.74) is 7.45. The van der Waals surface area contributed by atoms with Crippen LogP contribution < -0.4 is 11.1 Å². The van der Waals surface area contributed by atoms with Gasteiger partial charge in [0, 0.05) is 42.1 Å². The molecule has 1 aromatic heterocycles. The second-order valence-electron chi connectivity index (χ2n) is 7.38. The van der Waals surface area contributed by atoms with E-state index in [1.807, 2.05) is 30.5 Å². The van der Waals surface area contributed by atoms with Gasteiger partial charge in [0.15, 0.2) is 5.12 Å². The van der Waals surface area contributed by atoms with Crippen LogP contribution in [0.5, 0.6) is 0 Å². The summed E-state index contributed by atoms with van der Waals surface area (Å²) in [6, 6.07) is 6.96. The van der Waals surface area contributed by atoms with Gasteiger partial charge in [0.2, 0.25) is 5.91 Å². The molecule has 1 heterocycles. The number of thioether (sulfide) groups is 1. The van der Waals surface area contributed by atoms with Crippen LogP contribution in [0, 0.1) is 5.92 Å². The number of nitrogens with one attached hydrogen (secondary N) is 2. The minimum atomic E-state index is -5.08. The van der Waals surface area contributed by atoms with Crippen LogP contribution in [0.25, 0.3) is 10.9 Å². The number of carbonyl (C=O) groups is 4. The highest BCUT2D eigenvalue weighted by molar-refractivity contribution is 8.13. The Kier molecular flexibility index (Phi) is 12.3. The normalized spacial score (nSPS) is 12.7. The quantitative estimate of drug-likeness (QED) is 0.350. The van der Waals surface area contributed by atoms with Crippen molar-refractivity contribution in [3.8, 4) is 0 Å². The molecule has 2 rings (SSSR count). The molecular formula is C22H28F3N3O6S. The van der Waals surface area contributed by atoms with Crippen LogP contribution in [0.4, 0.5) is 13.2 Å². The monoisotopic (exact) mass is 519 g/mol. The number of aromatic amines is 1. The van der Waals surface area contributed by atoms with Crippen molar-refractivity contribution in [3.05, 3.63) is 36.0 Å². The molecule has 9 nitrogen and oxygen atoms in total. The number of halogens is 3. The molecule has 5 N–H and O–H groups in total. The van der Waals surface area contributed by atoms with Crippen molar-refractivity contribution in [2.75, 3.05) is 19.4 Å². The summed E-state index contributed by atoms with van der Waals surface area (Å²) in [6.45, 7) is 1.93. The third kappa shape index (κ3) is 10.4. The van der Waals surface area contributed by atoms with E-state index in [0.717, 1.165) is 28.2 Å². The number of carbonyl (C=O) groups excluding carboxylic acids is 3. The van der Waals surface area contributed by atoms with Crippen molar-refractivity contribution < 1.29 is 42.2 Å². The van der Waals surface area contributed by atoms with Crippen molar-refractivity contribution >= 4 is 45.6 Å². The standard InChI is InChI=1S/C20H27N3O4S.C2HF3O2/c1-13(24)28-12-14(6-5-9-21)19(25)23-18(20(26)27-2)10-15-11-22-17-8-4-3-7-16(15)17;3-2(4,5)1(6)7/h3-4,7-8,11,14,18,22H,5-6,9-10,12,21H2,1-2H3,(H,23,25);(H,6,7)/t14?,18-;/m0./s1. The summed E-state index contributed by atoms with van der Waals surface area (Å²) in [6.07, 6.45) is -1.71. The predicted molar refractivity (Wildman–Crippen MR) is 125 cm³/mol. The number of H-pyrrole nitrogens is 1. The van der Waals surface area contributed by atoms with Crippen LogP contribution in [-0.4, -0.2) is 64.7 Å². The Morgan fingerprint density at radius 1 is 1.23 bits per heavy atom. The number of alkyl halides is 3. The van der Waals surface area contributed by atoms with E-state index < -0.39 is 30.1 Å². The highest BCUT2D eigenvalue weighted by atomic mass is 32.2. The number of carboxylic acids is 1. The fourth-order valence-electron chi connectivity index (χ4n) is 3.02. The first kappa shape index (κ1) is 30.0. The average Bonchev–Trinajstić information content (AvgIpc) is 3.20. The van der Waals surface area contributed by atoms with Crippen LogP contribution >= 0.6 is 11.8 Å². The summed E-state index contributed by atoms with van der Waals surface area (Å²) in [5.74, 6) is -3.56. The van der Waals surface area contributed by atoms with Crippen LogP contribution in [0.2, 0.25) is 0 Å². The number of aliphatic carboxylic acids is 1. The molecule has 13 heteroatoms. The highest BCUT2D eigenvalue weighted by Gasteiger charge is 2.38. The van der Waals surface area contributed by atoms with E-state index in [2.05, 4.69) is 10.3 Å². The summed E-state index contributed by atoms with van der Waals surface area (Å²) in [4.78, 5) is 48.4. The van der Waals surface area contributed by atoms with Crippen LogP contribution in [-0.2, 0) is 30.3 Å². The first-order valence-corrected chi connectivity index (χ1v) is 11.5. The number of hydrogen-bond donors (Lipinski definition) is 4. The fraction of sp³-hybridized carbons (Fsp3) is 0.455. The number of rotatable bonds is 10. The summed E-state index contributed by atoms with van der Waals surface area (Å²) in [5, 5.41) is 10.9. The number of aromatic nitrogens is 1. The maximum atomic E-state index is 12.8. The number of benzene rings is 1. The lowest BCUT2D eigenvalue weighted by molar-refractivity contribution is -0.192. The van der Waals surface area contributed by atoms with E-state index in [9.17, 15) is 27.6 Å². The molecule has 1 unspecified atom stereocenters. The second-order valence-corrected chi connectivity index (χ2v) is 8.58. The molecule has 194 valence electrons. The van der Waals surface area contributed by atoms with Gasteiger partial charge in [0.25, 0.3) is 0 Å². The molecule has 0 radical (unpaired) electrons. The average molecular weight is 520 g/mol. The van der Waals surface area contributed by atoms with Gasteiger partial charge in [-0.15, -0.1) is 0 Å². The number of fused-ring (bicyclic) bond motifs is 1. The number of nitrogens with two attached hydrogens (primary N) is 1. The number of amides is 1. The van der Waals surface area contributed by atoms with Crippen molar-refractivity contribution in [1.29, 1.82) is 0 Å². The van der Waals surface area contributed by atoms with Gasteiger partial charge < -0.3 is 25.9 Å². The Labute approximate surface area is 204 Å². The van der Waals surface area contributed by atoms with Crippen molar-refractivity contribution in [3.63, 3.8) is 0 Å². The van der Waals surface area contributed by atoms with Gasteiger partial charge >= 0.3 is 18.1 Å². The van der Waals surface area contributed by atoms with E-state index >= 15 is 0 Å². The lowest BCUT2D eigenvalue weighted by atomic mass is 10.0. The molecule has 0 spiro atoms. The van der Waals surface area contributed by atoms with Gasteiger partial charge in [-0.05, 0) is 31.0 Å². The van der Waals surface area contributed by atoms with Gasteiger partial charge in [-0.3, -0.25) is 9.59 Å². The molecular weight excluding hydrogens is 491 g/mol. The number of esters is 1. The summed E-state index contributed by atoms with van der Waals surface area (Å²) < 4.78 is 36.6. The second kappa shape index (κ2) is 14.4. The maximum absolute atomic E-state index is 12.8. The predicted octanol–water partition coefficient (Wildman–Crippen LogP) is 2.64. The van der Waals surface area contributed by atoms with Crippen molar-refractivity contribution in [2.24, 2.45) is 11.7 Å². The highest BCUT2D eigenvalue weighted by Crippen LogP contribution is 2.20. The molecule has 2 atom stereocenters. The molecule has 35 heavy (non-hydrogen) atoms. The molecule has 2 aromatic rings. The van der Waals surface area contributed by atoms with Crippen LogP contribution in [0.1, 0.15) is 25.3 Å². The third-order valence-corrected chi connectivity index (χ3v) is 5.73. The number of ether oxygens (including phenoxy) is 1. The zero-order chi connectivity index (χ0) is 26.6. The summed E-state index contributed by atoms with van der Waals surface area (Å²) in [7, 11) is 1.30. The Bertz CT molecular complexity index is 1010. The maximum Gasteiger partial charge on any atom is 0.490 e. The Morgan fingerprint density at radius 2 is 1.86 bits per heavy atom. The molecule has 0 aliphatic carbocycles. The molecule has 0 saturated heterocycles. The van der Waals surface area contributed by atoms with Crippen molar-refractivity contribution in [2.45, 2.75) is 38.4 Å². The van der Waals surface area contributed by atoms with E-state index in [1.165, 1.54) is 14.0 Å². The first-order valence-electron chi connectivity index (χ1n) is 10.5. The third-order valence-electron chi connectivity index (χ3n) is 4.76. The number of methoxy groups -OCH3 is 1. The van der Waals surface area contributed by atoms with Crippen LogP contribution in [0.15, 0.2) is 30.5 Å². The lowest BCUT2D eigenvalue weighted by Gasteiger charge is -2.21. The number of carboxylic acid groups (broad SMARTS) is 1.